The van der Waals surface area contributed by atoms with E-state index >= 15 is 0 Å². The molecule has 1 aliphatic heterocycles. The summed E-state index contributed by atoms with van der Waals surface area (Å²) in [4.78, 5) is 12.5. The molecule has 0 aliphatic carbocycles. The molecule has 2 aromatic rings. The van der Waals surface area contributed by atoms with Crippen LogP contribution in [0.25, 0.3) is 0 Å². The van der Waals surface area contributed by atoms with Gasteiger partial charge in [-0.05, 0) is 30.2 Å². The van der Waals surface area contributed by atoms with Gasteiger partial charge in [0, 0.05) is 5.56 Å². The van der Waals surface area contributed by atoms with E-state index in [0.717, 1.165) is 23.3 Å². The molecule has 26 heavy (non-hydrogen) atoms. The van der Waals surface area contributed by atoms with E-state index in [2.05, 4.69) is 6.92 Å². The molecule has 3 rings (SSSR count). The second-order valence-corrected chi connectivity index (χ2v) is 7.03. The van der Waals surface area contributed by atoms with Crippen LogP contribution in [-0.2, 0) is 6.54 Å². The number of hydrogen-bond acceptors (Lipinski definition) is 5. The summed E-state index contributed by atoms with van der Waals surface area (Å²) in [6.07, 6.45) is 0.822. The summed E-state index contributed by atoms with van der Waals surface area (Å²) >= 11 is 1.32. The first-order valence-electron chi connectivity index (χ1n) is 8.49. The van der Waals surface area contributed by atoms with Crippen LogP contribution >= 0.6 is 11.8 Å². The van der Waals surface area contributed by atoms with Gasteiger partial charge in [0.05, 0.1) is 31.7 Å². The maximum absolute atomic E-state index is 12.5. The number of carbonyl (C=O) groups excluding carboxylic acids is 1. The van der Waals surface area contributed by atoms with Crippen LogP contribution in [-0.4, -0.2) is 35.4 Å². The molecule has 1 unspecified atom stereocenters. The third-order valence-corrected chi connectivity index (χ3v) is 5.47. The molecule has 1 atom stereocenters. The largest absolute Gasteiger partial charge is 0.493 e. The predicted octanol–water partition coefficient (Wildman–Crippen LogP) is 4.56. The first-order valence-corrected chi connectivity index (χ1v) is 9.37. The van der Waals surface area contributed by atoms with E-state index in [1.165, 1.54) is 16.8 Å². The van der Waals surface area contributed by atoms with E-state index in [-0.39, 0.29) is 10.5 Å². The lowest BCUT2D eigenvalue weighted by atomic mass is 10.0. The van der Waals surface area contributed by atoms with E-state index in [0.29, 0.717) is 18.0 Å². The van der Waals surface area contributed by atoms with Crippen molar-refractivity contribution in [1.29, 1.82) is 0 Å². The number of nitrogens with zero attached hydrogens (tertiary/aromatic N) is 2. The molecular formula is C20H22N2O3S. The highest BCUT2D eigenvalue weighted by molar-refractivity contribution is 8.14. The van der Waals surface area contributed by atoms with Crippen LogP contribution in [0.3, 0.4) is 0 Å². The Balaban J connectivity index is 1.96. The van der Waals surface area contributed by atoms with Gasteiger partial charge < -0.3 is 9.47 Å². The van der Waals surface area contributed by atoms with Crippen molar-refractivity contribution in [1.82, 2.24) is 5.01 Å². The molecule has 6 heteroatoms. The molecule has 1 amide bonds. The Morgan fingerprint density at radius 2 is 1.81 bits per heavy atom. The molecule has 0 bridgehead atoms. The molecular weight excluding hydrogens is 348 g/mol. The molecule has 136 valence electrons. The van der Waals surface area contributed by atoms with Gasteiger partial charge in [-0.1, -0.05) is 49.0 Å². The van der Waals surface area contributed by atoms with E-state index in [4.69, 9.17) is 14.6 Å². The molecule has 5 nitrogen and oxygen atoms in total. The molecule has 0 spiro atoms. The van der Waals surface area contributed by atoms with Gasteiger partial charge in [0.15, 0.2) is 11.5 Å². The highest BCUT2D eigenvalue weighted by Gasteiger charge is 2.30. The highest BCUT2D eigenvalue weighted by Crippen LogP contribution is 2.33. The number of thioether (sulfide) groups is 1. The second-order valence-electron chi connectivity index (χ2n) is 5.88. The first kappa shape index (κ1) is 18.3. The minimum absolute atomic E-state index is 0.0209. The van der Waals surface area contributed by atoms with Crippen LogP contribution in [0.4, 0.5) is 4.79 Å². The van der Waals surface area contributed by atoms with Crippen molar-refractivity contribution in [3.63, 3.8) is 0 Å². The van der Waals surface area contributed by atoms with E-state index in [1.807, 2.05) is 48.5 Å². The smallest absolute Gasteiger partial charge is 0.302 e. The molecule has 2 aromatic carbocycles. The minimum atomic E-state index is -0.0232. The number of ether oxygens (including phenoxy) is 2. The van der Waals surface area contributed by atoms with Gasteiger partial charge in [-0.15, -0.1) is 0 Å². The fourth-order valence-electron chi connectivity index (χ4n) is 2.85. The minimum Gasteiger partial charge on any atom is -0.493 e. The highest BCUT2D eigenvalue weighted by atomic mass is 32.2. The number of hydrazone groups is 1. The van der Waals surface area contributed by atoms with E-state index in [1.54, 1.807) is 14.2 Å². The lowest BCUT2D eigenvalue weighted by molar-refractivity contribution is 0.222. The summed E-state index contributed by atoms with van der Waals surface area (Å²) in [5, 5.41) is 6.23. The summed E-state index contributed by atoms with van der Waals surface area (Å²) in [7, 11) is 3.22. The zero-order valence-corrected chi connectivity index (χ0v) is 16.0. The average molecular weight is 370 g/mol. The third kappa shape index (κ3) is 3.85. The molecule has 1 heterocycles. The zero-order valence-electron chi connectivity index (χ0n) is 15.1. The van der Waals surface area contributed by atoms with Crippen molar-refractivity contribution in [3.05, 3.63) is 59.7 Å². The van der Waals surface area contributed by atoms with Gasteiger partial charge >= 0.3 is 5.24 Å². The van der Waals surface area contributed by atoms with Gasteiger partial charge in [0.25, 0.3) is 0 Å². The summed E-state index contributed by atoms with van der Waals surface area (Å²) in [5.41, 5.74) is 2.87. The normalized spacial score (nSPS) is 17.0. The number of amides is 1. The molecule has 0 radical (unpaired) electrons. The maximum atomic E-state index is 12.5. The standard InChI is InChI=1S/C20H22N2O3S/c1-4-18-19(15-10-11-16(24-2)17(12-15)25-3)21-22(20(23)26-18)13-14-8-6-5-7-9-14/h5-12,18H,4,13H2,1-3H3. The summed E-state index contributed by atoms with van der Waals surface area (Å²) in [6.45, 7) is 2.52. The van der Waals surface area contributed by atoms with Crippen molar-refractivity contribution in [3.8, 4) is 11.5 Å². The van der Waals surface area contributed by atoms with Crippen molar-refractivity contribution in [2.75, 3.05) is 14.2 Å². The van der Waals surface area contributed by atoms with Crippen molar-refractivity contribution < 1.29 is 14.3 Å². The van der Waals surface area contributed by atoms with E-state index < -0.39 is 0 Å². The van der Waals surface area contributed by atoms with Gasteiger partial charge in [0.1, 0.15) is 0 Å². The van der Waals surface area contributed by atoms with Crippen molar-refractivity contribution >= 4 is 22.7 Å². The summed E-state index contributed by atoms with van der Waals surface area (Å²) in [6, 6.07) is 15.6. The van der Waals surface area contributed by atoms with E-state index in [9.17, 15) is 4.79 Å². The van der Waals surface area contributed by atoms with Crippen LogP contribution in [0.15, 0.2) is 53.6 Å². The quantitative estimate of drug-likeness (QED) is 0.748. The lowest BCUT2D eigenvalue weighted by Crippen LogP contribution is -2.34. The number of methoxy groups -OCH3 is 2. The molecule has 0 saturated carbocycles. The number of hydrogen-bond donors (Lipinski definition) is 0. The fourth-order valence-corrected chi connectivity index (χ4v) is 3.78. The Labute approximate surface area is 158 Å². The van der Waals surface area contributed by atoms with Gasteiger partial charge in [-0.2, -0.15) is 5.10 Å². The third-order valence-electron chi connectivity index (χ3n) is 4.21. The van der Waals surface area contributed by atoms with Gasteiger partial charge in [-0.3, -0.25) is 4.79 Å². The Kier molecular flexibility index (Phi) is 5.83. The van der Waals surface area contributed by atoms with Crippen molar-refractivity contribution in [2.45, 2.75) is 25.1 Å². The second kappa shape index (κ2) is 8.27. The fraction of sp³-hybridized carbons (Fsp3) is 0.300. The maximum Gasteiger partial charge on any atom is 0.302 e. The predicted molar refractivity (Wildman–Crippen MR) is 105 cm³/mol. The SMILES string of the molecule is CCC1SC(=O)N(Cc2ccccc2)N=C1c1ccc(OC)c(OC)c1. The van der Waals surface area contributed by atoms with Crippen molar-refractivity contribution in [2.24, 2.45) is 5.10 Å². The molecule has 0 fully saturated rings. The Morgan fingerprint density at radius 3 is 2.46 bits per heavy atom. The number of rotatable bonds is 6. The van der Waals surface area contributed by atoms with Gasteiger partial charge in [-0.25, -0.2) is 5.01 Å². The zero-order chi connectivity index (χ0) is 18.5. The Morgan fingerprint density at radius 1 is 1.08 bits per heavy atom. The van der Waals surface area contributed by atoms with Crippen LogP contribution in [0.1, 0.15) is 24.5 Å². The topological polar surface area (TPSA) is 51.1 Å². The molecule has 0 aromatic heterocycles. The Hall–Kier alpha value is -2.47. The first-order chi connectivity index (χ1) is 12.7. The summed E-state index contributed by atoms with van der Waals surface area (Å²) < 4.78 is 10.7. The molecule has 0 saturated heterocycles. The van der Waals surface area contributed by atoms with Crippen LogP contribution in [0.2, 0.25) is 0 Å². The summed E-state index contributed by atoms with van der Waals surface area (Å²) in [5.74, 6) is 1.32. The van der Waals surface area contributed by atoms with Crippen LogP contribution < -0.4 is 9.47 Å². The molecule has 0 N–H and O–H groups in total. The average Bonchev–Trinajstić information content (AvgIpc) is 2.69. The number of benzene rings is 2. The number of carbonyl (C=O) groups is 1. The van der Waals surface area contributed by atoms with Crippen LogP contribution in [0.5, 0.6) is 11.5 Å². The molecule has 1 aliphatic rings. The Bertz CT molecular complexity index is 808. The monoisotopic (exact) mass is 370 g/mol. The lowest BCUT2D eigenvalue weighted by Gasteiger charge is -2.28. The van der Waals surface area contributed by atoms with Crippen LogP contribution in [0, 0.1) is 0 Å². The van der Waals surface area contributed by atoms with Gasteiger partial charge in [0.2, 0.25) is 0 Å².